The third kappa shape index (κ3) is 2.46. The highest BCUT2D eigenvalue weighted by molar-refractivity contribution is 7.98. The molecular formula is C15H20N4OS. The lowest BCUT2D eigenvalue weighted by Gasteiger charge is -2.19. The largest absolute Gasteiger partial charge is 0.378 e. The monoisotopic (exact) mass is 304 g/mol. The van der Waals surface area contributed by atoms with Gasteiger partial charge in [0.2, 0.25) is 0 Å². The maximum absolute atomic E-state index is 5.31. The molecule has 5 nitrogen and oxygen atoms in total. The first-order valence-corrected chi connectivity index (χ1v) is 8.37. The SMILES string of the molecule is COCc1nn(C(C)C)c2c1CCc1cnc(SC)nc1-2. The van der Waals surface area contributed by atoms with Gasteiger partial charge >= 0.3 is 0 Å². The molecule has 0 aromatic carbocycles. The number of hydrogen-bond donors (Lipinski definition) is 0. The van der Waals surface area contributed by atoms with Crippen LogP contribution >= 0.6 is 11.8 Å². The first-order chi connectivity index (χ1) is 10.2. The highest BCUT2D eigenvalue weighted by atomic mass is 32.2. The van der Waals surface area contributed by atoms with E-state index >= 15 is 0 Å². The van der Waals surface area contributed by atoms with Gasteiger partial charge in [-0.15, -0.1) is 0 Å². The summed E-state index contributed by atoms with van der Waals surface area (Å²) in [5.41, 5.74) is 5.72. The van der Waals surface area contributed by atoms with Gasteiger partial charge in [-0.2, -0.15) is 5.10 Å². The molecule has 1 aliphatic carbocycles. The summed E-state index contributed by atoms with van der Waals surface area (Å²) in [5, 5.41) is 5.57. The standard InChI is InChI=1S/C15H20N4OS/c1-9(2)19-14-11(12(18-19)8-20-3)6-5-10-7-16-15(21-4)17-13(10)14/h7,9H,5-6,8H2,1-4H3. The van der Waals surface area contributed by atoms with Gasteiger partial charge in [-0.25, -0.2) is 9.97 Å². The number of rotatable bonds is 4. The van der Waals surface area contributed by atoms with Crippen LogP contribution in [-0.4, -0.2) is 33.1 Å². The van der Waals surface area contributed by atoms with Gasteiger partial charge < -0.3 is 4.74 Å². The van der Waals surface area contributed by atoms with Crippen LogP contribution in [0.1, 0.15) is 36.7 Å². The Bertz CT molecular complexity index is 666. The quantitative estimate of drug-likeness (QED) is 0.642. The zero-order valence-corrected chi connectivity index (χ0v) is 13.7. The lowest BCUT2D eigenvalue weighted by molar-refractivity contribution is 0.179. The summed E-state index contributed by atoms with van der Waals surface area (Å²) in [6, 6.07) is 0.294. The van der Waals surface area contributed by atoms with Crippen molar-refractivity contribution in [2.24, 2.45) is 0 Å². The zero-order valence-electron chi connectivity index (χ0n) is 12.9. The van der Waals surface area contributed by atoms with Crippen LogP contribution in [-0.2, 0) is 24.2 Å². The van der Waals surface area contributed by atoms with Crippen molar-refractivity contribution in [2.45, 2.75) is 44.5 Å². The molecule has 2 heterocycles. The molecule has 21 heavy (non-hydrogen) atoms. The van der Waals surface area contributed by atoms with Crippen molar-refractivity contribution < 1.29 is 4.74 Å². The molecule has 6 heteroatoms. The van der Waals surface area contributed by atoms with Gasteiger partial charge in [-0.05, 0) is 38.5 Å². The first-order valence-electron chi connectivity index (χ1n) is 7.15. The summed E-state index contributed by atoms with van der Waals surface area (Å²) in [4.78, 5) is 9.14. The molecule has 0 unspecified atom stereocenters. The van der Waals surface area contributed by atoms with Crippen molar-refractivity contribution in [3.63, 3.8) is 0 Å². The molecule has 0 fully saturated rings. The minimum Gasteiger partial charge on any atom is -0.378 e. The Labute approximate surface area is 129 Å². The molecule has 0 N–H and O–H groups in total. The van der Waals surface area contributed by atoms with Gasteiger partial charge in [-0.3, -0.25) is 4.68 Å². The maximum Gasteiger partial charge on any atom is 0.187 e. The van der Waals surface area contributed by atoms with Crippen LogP contribution in [0.25, 0.3) is 11.4 Å². The lowest BCUT2D eigenvalue weighted by Crippen LogP contribution is -2.12. The molecular weight excluding hydrogens is 284 g/mol. The van der Waals surface area contributed by atoms with Crippen molar-refractivity contribution in [1.29, 1.82) is 0 Å². The molecule has 2 aromatic rings. The van der Waals surface area contributed by atoms with Gasteiger partial charge in [-0.1, -0.05) is 11.8 Å². The fourth-order valence-corrected chi connectivity index (χ4v) is 3.13. The highest BCUT2D eigenvalue weighted by Crippen LogP contribution is 2.36. The smallest absolute Gasteiger partial charge is 0.187 e. The van der Waals surface area contributed by atoms with E-state index in [-0.39, 0.29) is 0 Å². The summed E-state index contributed by atoms with van der Waals surface area (Å²) in [5.74, 6) is 0. The van der Waals surface area contributed by atoms with E-state index in [2.05, 4.69) is 23.5 Å². The van der Waals surface area contributed by atoms with E-state index in [1.165, 1.54) is 11.1 Å². The summed E-state index contributed by atoms with van der Waals surface area (Å²) in [6.45, 7) is 4.85. The molecule has 0 bridgehead atoms. The third-order valence-electron chi connectivity index (χ3n) is 3.76. The molecule has 0 aliphatic heterocycles. The van der Waals surface area contributed by atoms with Crippen LogP contribution in [0.5, 0.6) is 0 Å². The second kappa shape index (κ2) is 5.77. The Morgan fingerprint density at radius 2 is 2.19 bits per heavy atom. The molecule has 1 aliphatic rings. The van der Waals surface area contributed by atoms with E-state index in [0.29, 0.717) is 12.6 Å². The van der Waals surface area contributed by atoms with E-state index in [0.717, 1.165) is 35.1 Å². The number of nitrogens with zero attached hydrogens (tertiary/aromatic N) is 4. The fourth-order valence-electron chi connectivity index (χ4n) is 2.79. The predicted molar refractivity (Wildman–Crippen MR) is 83.5 cm³/mol. The van der Waals surface area contributed by atoms with Crippen molar-refractivity contribution >= 4 is 11.8 Å². The van der Waals surface area contributed by atoms with Gasteiger partial charge in [0.05, 0.1) is 23.7 Å². The lowest BCUT2D eigenvalue weighted by atomic mass is 9.93. The summed E-state index contributed by atoms with van der Waals surface area (Å²) in [7, 11) is 1.71. The van der Waals surface area contributed by atoms with Crippen LogP contribution < -0.4 is 0 Å². The number of fused-ring (bicyclic) bond motifs is 3. The summed E-state index contributed by atoms with van der Waals surface area (Å²) >= 11 is 1.57. The van der Waals surface area contributed by atoms with Crippen LogP contribution in [0.3, 0.4) is 0 Å². The topological polar surface area (TPSA) is 52.8 Å². The molecule has 3 rings (SSSR count). The van der Waals surface area contributed by atoms with E-state index in [1.807, 2.05) is 12.5 Å². The zero-order chi connectivity index (χ0) is 15.0. The van der Waals surface area contributed by atoms with Crippen LogP contribution in [0.4, 0.5) is 0 Å². The Balaban J connectivity index is 2.21. The number of aromatic nitrogens is 4. The second-order valence-corrected chi connectivity index (χ2v) is 6.25. The van der Waals surface area contributed by atoms with E-state index < -0.39 is 0 Å². The molecule has 0 radical (unpaired) electrons. The Morgan fingerprint density at radius 3 is 2.86 bits per heavy atom. The fraction of sp³-hybridized carbons (Fsp3) is 0.533. The molecule has 0 spiro atoms. The predicted octanol–water partition coefficient (Wildman–Crippen LogP) is 2.89. The average Bonchev–Trinajstić information content (AvgIpc) is 2.86. The Kier molecular flexibility index (Phi) is 3.99. The molecule has 112 valence electrons. The van der Waals surface area contributed by atoms with Gasteiger partial charge in [0, 0.05) is 24.9 Å². The minimum atomic E-state index is 0.294. The van der Waals surface area contributed by atoms with Crippen molar-refractivity contribution in [1.82, 2.24) is 19.7 Å². The molecule has 0 saturated heterocycles. The van der Waals surface area contributed by atoms with Gasteiger partial charge in [0.25, 0.3) is 0 Å². The number of ether oxygens (including phenoxy) is 1. The van der Waals surface area contributed by atoms with Crippen LogP contribution in [0, 0.1) is 0 Å². The minimum absolute atomic E-state index is 0.294. The highest BCUT2D eigenvalue weighted by Gasteiger charge is 2.27. The molecule has 2 aromatic heterocycles. The Morgan fingerprint density at radius 1 is 1.38 bits per heavy atom. The number of thioether (sulfide) groups is 1. The average molecular weight is 304 g/mol. The number of methoxy groups -OCH3 is 1. The first kappa shape index (κ1) is 14.5. The van der Waals surface area contributed by atoms with Gasteiger partial charge in [0.1, 0.15) is 0 Å². The number of aryl methyl sites for hydroxylation is 1. The molecule has 0 saturated carbocycles. The summed E-state index contributed by atoms with van der Waals surface area (Å²) < 4.78 is 7.39. The Hall–Kier alpha value is -1.40. The molecule has 0 amide bonds. The number of hydrogen-bond acceptors (Lipinski definition) is 5. The van der Waals surface area contributed by atoms with Crippen molar-refractivity contribution in [2.75, 3.05) is 13.4 Å². The van der Waals surface area contributed by atoms with E-state index in [9.17, 15) is 0 Å². The van der Waals surface area contributed by atoms with Gasteiger partial charge in [0.15, 0.2) is 5.16 Å². The van der Waals surface area contributed by atoms with Crippen LogP contribution in [0.2, 0.25) is 0 Å². The van der Waals surface area contributed by atoms with Crippen LogP contribution in [0.15, 0.2) is 11.4 Å². The summed E-state index contributed by atoms with van der Waals surface area (Å²) in [6.07, 6.45) is 5.92. The second-order valence-electron chi connectivity index (χ2n) is 5.48. The van der Waals surface area contributed by atoms with Crippen molar-refractivity contribution in [3.05, 3.63) is 23.0 Å². The normalized spacial score (nSPS) is 13.4. The maximum atomic E-state index is 5.31. The molecule has 0 atom stereocenters. The van der Waals surface area contributed by atoms with E-state index in [1.54, 1.807) is 18.9 Å². The van der Waals surface area contributed by atoms with Crippen molar-refractivity contribution in [3.8, 4) is 11.4 Å². The third-order valence-corrected chi connectivity index (χ3v) is 4.32. The van der Waals surface area contributed by atoms with E-state index in [4.69, 9.17) is 14.8 Å².